The third-order valence-corrected chi connectivity index (χ3v) is 2.73. The van der Waals surface area contributed by atoms with Gasteiger partial charge in [0.25, 0.3) is 5.91 Å². The van der Waals surface area contributed by atoms with E-state index in [4.69, 9.17) is 4.74 Å². The molecule has 0 fully saturated rings. The number of hydrogen-bond acceptors (Lipinski definition) is 3. The molecule has 0 bridgehead atoms. The van der Waals surface area contributed by atoms with E-state index in [1.54, 1.807) is 19.2 Å². The fraction of sp³-hybridized carbons (Fsp3) is 0.300. The van der Waals surface area contributed by atoms with Gasteiger partial charge < -0.3 is 15.2 Å². The Morgan fingerprint density at radius 3 is 2.80 bits per heavy atom. The van der Waals surface area contributed by atoms with Gasteiger partial charge >= 0.3 is 0 Å². The number of nitrogens with one attached hydrogen (secondary N) is 1. The molecule has 5 heteroatoms. The lowest BCUT2D eigenvalue weighted by Gasteiger charge is -2.08. The highest BCUT2D eigenvalue weighted by atomic mass is 127. The zero-order valence-corrected chi connectivity index (χ0v) is 10.7. The summed E-state index contributed by atoms with van der Waals surface area (Å²) in [5.74, 6) is -0.293. The summed E-state index contributed by atoms with van der Waals surface area (Å²) < 4.78 is 5.61. The van der Waals surface area contributed by atoms with E-state index < -0.39 is 0 Å². The summed E-state index contributed by atoms with van der Waals surface area (Å²) in [5.41, 5.74) is 1.13. The van der Waals surface area contributed by atoms with E-state index in [0.717, 1.165) is 5.56 Å². The normalized spacial score (nSPS) is 10.1. The zero-order valence-electron chi connectivity index (χ0n) is 8.50. The van der Waals surface area contributed by atoms with Crippen LogP contribution in [-0.2, 0) is 11.3 Å². The number of carbonyl (C=O) groups is 1. The van der Waals surface area contributed by atoms with Crippen LogP contribution in [0.2, 0.25) is 0 Å². The van der Waals surface area contributed by atoms with Crippen molar-refractivity contribution >= 4 is 28.5 Å². The van der Waals surface area contributed by atoms with Crippen molar-refractivity contribution in [3.8, 4) is 5.75 Å². The van der Waals surface area contributed by atoms with Crippen molar-refractivity contribution in [3.63, 3.8) is 0 Å². The highest BCUT2D eigenvalue weighted by Crippen LogP contribution is 2.26. The third kappa shape index (κ3) is 2.82. The number of carbonyl (C=O) groups excluding carboxylic acids is 1. The minimum atomic E-state index is -0.302. The van der Waals surface area contributed by atoms with Crippen LogP contribution >= 0.6 is 22.6 Å². The summed E-state index contributed by atoms with van der Waals surface area (Å²) in [6.07, 6.45) is 0. The molecule has 0 aliphatic carbocycles. The minimum absolute atomic E-state index is 0.00908. The van der Waals surface area contributed by atoms with E-state index in [-0.39, 0.29) is 17.2 Å². The van der Waals surface area contributed by atoms with Gasteiger partial charge in [0, 0.05) is 14.2 Å². The van der Waals surface area contributed by atoms with Crippen molar-refractivity contribution < 1.29 is 14.6 Å². The van der Waals surface area contributed by atoms with Crippen LogP contribution in [0.5, 0.6) is 5.75 Å². The Kier molecular flexibility index (Phi) is 4.34. The molecule has 4 nitrogen and oxygen atoms in total. The molecule has 0 unspecified atom stereocenters. The first-order valence-corrected chi connectivity index (χ1v) is 5.40. The molecule has 1 rings (SSSR count). The van der Waals surface area contributed by atoms with Gasteiger partial charge in [0.15, 0.2) is 0 Å². The van der Waals surface area contributed by atoms with Gasteiger partial charge in [-0.05, 0) is 40.3 Å². The predicted molar refractivity (Wildman–Crippen MR) is 64.9 cm³/mol. The van der Waals surface area contributed by atoms with Crippen molar-refractivity contribution in [1.82, 2.24) is 5.32 Å². The number of halogens is 1. The molecule has 0 saturated carbocycles. The number of rotatable bonds is 3. The van der Waals surface area contributed by atoms with Crippen LogP contribution in [0.1, 0.15) is 15.9 Å². The molecule has 0 aliphatic rings. The average molecular weight is 321 g/mol. The maximum Gasteiger partial charge on any atom is 0.254 e. The van der Waals surface area contributed by atoms with Crippen LogP contribution in [0, 0.1) is 3.57 Å². The summed E-state index contributed by atoms with van der Waals surface area (Å²) in [5, 5.41) is 12.2. The topological polar surface area (TPSA) is 58.6 Å². The molecule has 1 aromatic carbocycles. The van der Waals surface area contributed by atoms with Gasteiger partial charge in [-0.1, -0.05) is 0 Å². The molecular weight excluding hydrogens is 309 g/mol. The molecular formula is C10H12INO3. The van der Waals surface area contributed by atoms with E-state index in [0.29, 0.717) is 10.2 Å². The van der Waals surface area contributed by atoms with Crippen LogP contribution < -0.4 is 5.32 Å². The van der Waals surface area contributed by atoms with Gasteiger partial charge in [0.2, 0.25) is 0 Å². The van der Waals surface area contributed by atoms with Crippen molar-refractivity contribution in [3.05, 3.63) is 26.8 Å². The Morgan fingerprint density at radius 1 is 1.60 bits per heavy atom. The molecule has 0 aliphatic heterocycles. The molecule has 0 aromatic heterocycles. The molecule has 0 saturated heterocycles. The minimum Gasteiger partial charge on any atom is -0.506 e. The molecule has 0 spiro atoms. The second kappa shape index (κ2) is 5.32. The summed E-state index contributed by atoms with van der Waals surface area (Å²) in [6, 6.07) is 3.41. The van der Waals surface area contributed by atoms with Crippen LogP contribution in [-0.4, -0.2) is 25.2 Å². The summed E-state index contributed by atoms with van der Waals surface area (Å²) in [7, 11) is 3.11. The maximum absolute atomic E-state index is 11.4. The number of hydrogen-bond donors (Lipinski definition) is 2. The molecule has 0 radical (unpaired) electrons. The standard InChI is InChI=1S/C10H12INO3/c1-12-10(14)7-3-6(5-15-2)4-8(11)9(7)13/h3-4,13H,5H2,1-2H3,(H,12,14). The van der Waals surface area contributed by atoms with Crippen molar-refractivity contribution in [2.45, 2.75) is 6.61 Å². The SMILES string of the molecule is CNC(=O)c1cc(COC)cc(I)c1O. The molecule has 0 heterocycles. The lowest BCUT2D eigenvalue weighted by molar-refractivity contribution is 0.0960. The number of aromatic hydroxyl groups is 1. The molecule has 82 valence electrons. The highest BCUT2D eigenvalue weighted by molar-refractivity contribution is 14.1. The Balaban J connectivity index is 3.18. The van der Waals surface area contributed by atoms with Crippen LogP contribution in [0.3, 0.4) is 0 Å². The molecule has 2 N–H and O–H groups in total. The Labute approximate surface area is 102 Å². The van der Waals surface area contributed by atoms with Gasteiger partial charge in [-0.25, -0.2) is 0 Å². The number of ether oxygens (including phenoxy) is 1. The average Bonchev–Trinajstić information content (AvgIpc) is 2.22. The van der Waals surface area contributed by atoms with Crippen molar-refractivity contribution in [2.24, 2.45) is 0 Å². The first-order chi connectivity index (χ1) is 7.10. The Bertz CT molecular complexity index is 379. The second-order valence-electron chi connectivity index (χ2n) is 2.99. The maximum atomic E-state index is 11.4. The van der Waals surface area contributed by atoms with Crippen molar-refractivity contribution in [2.75, 3.05) is 14.2 Å². The van der Waals surface area contributed by atoms with Crippen LogP contribution in [0.15, 0.2) is 12.1 Å². The third-order valence-electron chi connectivity index (χ3n) is 1.91. The monoisotopic (exact) mass is 321 g/mol. The molecule has 1 aromatic rings. The molecule has 1 amide bonds. The number of phenols is 1. The van der Waals surface area contributed by atoms with E-state index in [2.05, 4.69) is 5.32 Å². The number of amides is 1. The second-order valence-corrected chi connectivity index (χ2v) is 4.15. The van der Waals surface area contributed by atoms with Crippen molar-refractivity contribution in [1.29, 1.82) is 0 Å². The van der Waals surface area contributed by atoms with E-state index in [1.807, 2.05) is 22.6 Å². The lowest BCUT2D eigenvalue weighted by Crippen LogP contribution is -2.18. The summed E-state index contributed by atoms with van der Waals surface area (Å²) in [6.45, 7) is 0.417. The smallest absolute Gasteiger partial charge is 0.254 e. The largest absolute Gasteiger partial charge is 0.506 e. The fourth-order valence-electron chi connectivity index (χ4n) is 1.21. The van der Waals surface area contributed by atoms with Gasteiger partial charge in [0.05, 0.1) is 15.7 Å². The number of phenolic OH excluding ortho intramolecular Hbond substituents is 1. The van der Waals surface area contributed by atoms with Crippen LogP contribution in [0.4, 0.5) is 0 Å². The van der Waals surface area contributed by atoms with Gasteiger partial charge in [-0.2, -0.15) is 0 Å². The fourth-order valence-corrected chi connectivity index (χ4v) is 1.90. The van der Waals surface area contributed by atoms with Gasteiger partial charge in [-0.3, -0.25) is 4.79 Å². The van der Waals surface area contributed by atoms with E-state index in [1.165, 1.54) is 7.05 Å². The number of methoxy groups -OCH3 is 1. The van der Waals surface area contributed by atoms with E-state index in [9.17, 15) is 9.90 Å². The van der Waals surface area contributed by atoms with Crippen LogP contribution in [0.25, 0.3) is 0 Å². The quantitative estimate of drug-likeness (QED) is 0.830. The van der Waals surface area contributed by atoms with Gasteiger partial charge in [-0.15, -0.1) is 0 Å². The number of benzene rings is 1. The first kappa shape index (κ1) is 12.3. The molecule has 15 heavy (non-hydrogen) atoms. The Hall–Kier alpha value is -0.820. The first-order valence-electron chi connectivity index (χ1n) is 4.32. The highest BCUT2D eigenvalue weighted by Gasteiger charge is 2.13. The molecule has 0 atom stereocenters. The Morgan fingerprint density at radius 2 is 2.27 bits per heavy atom. The van der Waals surface area contributed by atoms with E-state index >= 15 is 0 Å². The van der Waals surface area contributed by atoms with Gasteiger partial charge in [0.1, 0.15) is 5.75 Å². The summed E-state index contributed by atoms with van der Waals surface area (Å²) >= 11 is 1.98. The summed E-state index contributed by atoms with van der Waals surface area (Å²) in [4.78, 5) is 11.4. The predicted octanol–water partition coefficient (Wildman–Crippen LogP) is 1.50. The zero-order chi connectivity index (χ0) is 11.4. The lowest BCUT2D eigenvalue weighted by atomic mass is 10.1.